The number of benzene rings is 4. The average molecular weight is 735 g/mol. The summed E-state index contributed by atoms with van der Waals surface area (Å²) >= 11 is 0. The molecule has 8 rings (SSSR count). The van der Waals surface area contributed by atoms with Crippen LogP contribution in [0.3, 0.4) is 0 Å². The molecule has 0 saturated carbocycles. The highest BCUT2D eigenvalue weighted by Crippen LogP contribution is 2.56. The van der Waals surface area contributed by atoms with Crippen molar-refractivity contribution in [1.29, 1.82) is 0 Å². The first kappa shape index (κ1) is 37.5. The Morgan fingerprint density at radius 1 is 0.800 bits per heavy atom. The van der Waals surface area contributed by atoms with Gasteiger partial charge >= 0.3 is 0 Å². The Labute approximate surface area is 330 Å². The molecule has 5 nitrogen and oxygen atoms in total. The van der Waals surface area contributed by atoms with Crippen LogP contribution in [0.2, 0.25) is 0 Å². The molecule has 2 aliphatic heterocycles. The fraction of sp³-hybridized carbons (Fsp3) is 0.480. The third-order valence-electron chi connectivity index (χ3n) is 13.5. The molecule has 0 amide bonds. The van der Waals surface area contributed by atoms with Crippen LogP contribution in [0, 0.1) is 11.8 Å². The molecule has 2 aliphatic rings. The Morgan fingerprint density at radius 2 is 1.49 bits per heavy atom. The summed E-state index contributed by atoms with van der Waals surface area (Å²) in [6.07, 6.45) is 6.03. The molecule has 2 atom stereocenters. The molecule has 288 valence electrons. The fourth-order valence-electron chi connectivity index (χ4n) is 10.8. The van der Waals surface area contributed by atoms with Gasteiger partial charge in [-0.25, -0.2) is 4.57 Å². The van der Waals surface area contributed by atoms with E-state index >= 15 is 0 Å². The van der Waals surface area contributed by atoms with Gasteiger partial charge < -0.3 is 14.4 Å². The summed E-state index contributed by atoms with van der Waals surface area (Å²) in [6.45, 7) is 33.5. The van der Waals surface area contributed by atoms with Crippen LogP contribution in [0.25, 0.3) is 54.7 Å². The number of aryl methyl sites for hydroxylation is 1. The predicted molar refractivity (Wildman–Crippen MR) is 233 cm³/mol. The zero-order valence-corrected chi connectivity index (χ0v) is 36.3. The first-order chi connectivity index (χ1) is 25.8. The van der Waals surface area contributed by atoms with Gasteiger partial charge in [0.25, 0.3) is 12.0 Å². The molecule has 2 aromatic heterocycles. The fourth-order valence-corrected chi connectivity index (χ4v) is 10.8. The Kier molecular flexibility index (Phi) is 8.58. The van der Waals surface area contributed by atoms with Crippen molar-refractivity contribution in [3.63, 3.8) is 0 Å². The van der Waals surface area contributed by atoms with Crippen molar-refractivity contribution in [2.24, 2.45) is 18.9 Å². The molecular weight excluding hydrogens is 671 g/mol. The van der Waals surface area contributed by atoms with Gasteiger partial charge in [0.15, 0.2) is 5.54 Å². The number of aromatic nitrogens is 3. The van der Waals surface area contributed by atoms with E-state index in [-0.39, 0.29) is 17.0 Å². The van der Waals surface area contributed by atoms with Gasteiger partial charge in [-0.3, -0.25) is 0 Å². The first-order valence-corrected chi connectivity index (χ1v) is 20.9. The molecule has 4 heterocycles. The van der Waals surface area contributed by atoms with Crippen molar-refractivity contribution >= 4 is 43.5 Å². The van der Waals surface area contributed by atoms with Crippen molar-refractivity contribution in [3.05, 3.63) is 95.6 Å². The average Bonchev–Trinajstić information content (AvgIpc) is 3.67. The standard InChI is InChI=1S/C50H64N5/c1-29(2)25-34-20-18-19-33-23-24-37-42-45-38-26-39(48(9,10)11)35-21-16-17-22-36(35)43(38)49(12,13)50(14,54(45)28-51-46(42)52(15)44(37)41(33)34)40-27-53(31(5)6)47(30(3)4)55(40)32(7)8/h16-24,26-32,47H,25H2,1-15H3/q+1. The third-order valence-corrected chi connectivity index (χ3v) is 13.5. The molecule has 5 heteroatoms. The van der Waals surface area contributed by atoms with Gasteiger partial charge in [-0.15, -0.1) is 0 Å². The van der Waals surface area contributed by atoms with Crippen LogP contribution in [-0.2, 0) is 29.8 Å². The Bertz CT molecular complexity index is 2540. The van der Waals surface area contributed by atoms with Gasteiger partial charge in [0.05, 0.1) is 11.2 Å². The second-order valence-electron chi connectivity index (χ2n) is 19.8. The van der Waals surface area contributed by atoms with E-state index in [2.05, 4.69) is 196 Å². The lowest BCUT2D eigenvalue weighted by Crippen LogP contribution is -2.70. The molecule has 0 bridgehead atoms. The molecule has 0 aliphatic carbocycles. The Morgan fingerprint density at radius 3 is 2.11 bits per heavy atom. The second-order valence-corrected chi connectivity index (χ2v) is 19.8. The van der Waals surface area contributed by atoms with Gasteiger partial charge in [0.2, 0.25) is 0 Å². The van der Waals surface area contributed by atoms with Crippen molar-refractivity contribution in [3.8, 4) is 11.3 Å². The highest BCUT2D eigenvalue weighted by Gasteiger charge is 2.60. The minimum Gasteiger partial charge on any atom is -0.353 e. The van der Waals surface area contributed by atoms with Gasteiger partial charge in [-0.05, 0) is 102 Å². The number of hydrogen-bond donors (Lipinski definition) is 0. The molecule has 2 unspecified atom stereocenters. The largest absolute Gasteiger partial charge is 0.353 e. The number of allylic oxidation sites excluding steroid dienone is 1. The van der Waals surface area contributed by atoms with Crippen LogP contribution in [0.15, 0.2) is 78.9 Å². The number of rotatable bonds is 6. The van der Waals surface area contributed by atoms with Crippen molar-refractivity contribution < 1.29 is 4.57 Å². The summed E-state index contributed by atoms with van der Waals surface area (Å²) in [5, 5.41) is 7.89. The Hall–Kier alpha value is -4.38. The monoisotopic (exact) mass is 735 g/mol. The number of nitrogens with zero attached hydrogens (tertiary/aromatic N) is 5. The topological polar surface area (TPSA) is 28.2 Å². The molecule has 6 aromatic rings. The molecule has 55 heavy (non-hydrogen) atoms. The van der Waals surface area contributed by atoms with Crippen molar-refractivity contribution in [2.75, 3.05) is 0 Å². The first-order valence-electron chi connectivity index (χ1n) is 20.9. The molecule has 0 spiro atoms. The van der Waals surface area contributed by atoms with E-state index in [9.17, 15) is 0 Å². The quantitative estimate of drug-likeness (QED) is 0.160. The third kappa shape index (κ3) is 5.16. The molecule has 0 saturated heterocycles. The van der Waals surface area contributed by atoms with Gasteiger partial charge in [-0.2, -0.15) is 0 Å². The summed E-state index contributed by atoms with van der Waals surface area (Å²) in [4.78, 5) is 10.9. The summed E-state index contributed by atoms with van der Waals surface area (Å²) in [5.74, 6) is 0.993. The van der Waals surface area contributed by atoms with E-state index in [0.717, 1.165) is 12.1 Å². The van der Waals surface area contributed by atoms with Crippen LogP contribution >= 0.6 is 0 Å². The smallest absolute Gasteiger partial charge is 0.290 e. The molecule has 0 N–H and O–H groups in total. The molecule has 4 aromatic carbocycles. The van der Waals surface area contributed by atoms with E-state index in [4.69, 9.17) is 4.98 Å². The van der Waals surface area contributed by atoms with Crippen LogP contribution in [-0.4, -0.2) is 37.6 Å². The zero-order chi connectivity index (χ0) is 39.7. The van der Waals surface area contributed by atoms with Gasteiger partial charge in [0, 0.05) is 47.1 Å². The summed E-state index contributed by atoms with van der Waals surface area (Å²) < 4.78 is 5.01. The van der Waals surface area contributed by atoms with E-state index in [1.165, 1.54) is 71.5 Å². The van der Waals surface area contributed by atoms with E-state index in [1.807, 2.05) is 0 Å². The number of fused-ring (bicyclic) bond motifs is 11. The highest BCUT2D eigenvalue weighted by molar-refractivity contribution is 6.21. The highest BCUT2D eigenvalue weighted by atomic mass is 15.4. The lowest BCUT2D eigenvalue weighted by molar-refractivity contribution is -0.757. The minimum absolute atomic E-state index is 0.0537. The summed E-state index contributed by atoms with van der Waals surface area (Å²) in [5.41, 5.74) is 9.64. The summed E-state index contributed by atoms with van der Waals surface area (Å²) in [6, 6.07) is 24.1. The van der Waals surface area contributed by atoms with Gasteiger partial charge in [0.1, 0.15) is 17.2 Å². The summed E-state index contributed by atoms with van der Waals surface area (Å²) in [7, 11) is 2.24. The Balaban J connectivity index is 1.60. The predicted octanol–water partition coefficient (Wildman–Crippen LogP) is 11.7. The minimum atomic E-state index is -0.495. The van der Waals surface area contributed by atoms with Gasteiger partial charge in [-0.1, -0.05) is 117 Å². The van der Waals surface area contributed by atoms with E-state index in [0.29, 0.717) is 23.9 Å². The van der Waals surface area contributed by atoms with Crippen LogP contribution in [0.5, 0.6) is 0 Å². The second kappa shape index (κ2) is 12.6. The SMILES string of the molecule is CC(C)Cc1cccc2ccc3c4c5[n+](cnc4n(C)c3c12)C(C)(C1=CN(C(C)C)C(C(C)C)N1C(C)C)C(C)(C)c1c-5cc(C(C)(C)C)c2ccccc12. The number of hydrogen-bond acceptors (Lipinski definition) is 3. The lowest BCUT2D eigenvalue weighted by atomic mass is 9.60. The maximum Gasteiger partial charge on any atom is 0.290 e. The van der Waals surface area contributed by atoms with E-state index < -0.39 is 5.54 Å². The molecule has 0 radical (unpaired) electrons. The molecule has 0 fully saturated rings. The van der Waals surface area contributed by atoms with Crippen molar-refractivity contribution in [2.45, 2.75) is 138 Å². The van der Waals surface area contributed by atoms with E-state index in [1.54, 1.807) is 0 Å². The van der Waals surface area contributed by atoms with Crippen LogP contribution < -0.4 is 4.57 Å². The van der Waals surface area contributed by atoms with Crippen LogP contribution in [0.1, 0.15) is 114 Å². The lowest BCUT2D eigenvalue weighted by Gasteiger charge is -2.51. The molecular formula is C50H64N5+. The van der Waals surface area contributed by atoms with Crippen molar-refractivity contribution in [1.82, 2.24) is 19.4 Å². The maximum absolute atomic E-state index is 5.51. The zero-order valence-electron chi connectivity index (χ0n) is 36.3. The van der Waals surface area contributed by atoms with Crippen LogP contribution in [0.4, 0.5) is 0 Å². The maximum atomic E-state index is 5.51. The normalized spacial score (nSPS) is 20.0.